The van der Waals surface area contributed by atoms with Gasteiger partial charge >= 0.3 is 0 Å². The summed E-state index contributed by atoms with van der Waals surface area (Å²) >= 11 is 9.49. The first-order valence-corrected chi connectivity index (χ1v) is 7.08. The van der Waals surface area contributed by atoms with Gasteiger partial charge in [0.25, 0.3) is 0 Å². The van der Waals surface area contributed by atoms with Crippen molar-refractivity contribution in [2.45, 2.75) is 13.0 Å². The highest BCUT2D eigenvalue weighted by Crippen LogP contribution is 2.32. The molecule has 100 valence electrons. The van der Waals surface area contributed by atoms with Crippen molar-refractivity contribution in [3.63, 3.8) is 0 Å². The van der Waals surface area contributed by atoms with Gasteiger partial charge in [0.15, 0.2) is 0 Å². The quantitative estimate of drug-likeness (QED) is 0.840. The highest BCUT2D eigenvalue weighted by atomic mass is 79.9. The van der Waals surface area contributed by atoms with Crippen LogP contribution in [0.25, 0.3) is 0 Å². The molecule has 19 heavy (non-hydrogen) atoms. The van der Waals surface area contributed by atoms with E-state index >= 15 is 0 Å². The second kappa shape index (κ2) is 6.04. The van der Waals surface area contributed by atoms with Gasteiger partial charge in [0.2, 0.25) is 0 Å². The van der Waals surface area contributed by atoms with Crippen LogP contribution in [-0.2, 0) is 0 Å². The lowest BCUT2D eigenvalue weighted by molar-refractivity contribution is 0.621. The molecule has 1 N–H and O–H groups in total. The average molecular weight is 343 g/mol. The zero-order valence-corrected chi connectivity index (χ0v) is 13.0. The van der Waals surface area contributed by atoms with Gasteiger partial charge in [-0.05, 0) is 54.9 Å². The molecule has 0 saturated heterocycles. The molecule has 0 heterocycles. The molecule has 2 rings (SSSR count). The van der Waals surface area contributed by atoms with E-state index in [-0.39, 0.29) is 11.9 Å². The van der Waals surface area contributed by atoms with Crippen LogP contribution in [0.5, 0.6) is 0 Å². The first-order valence-electron chi connectivity index (χ1n) is 5.91. The van der Waals surface area contributed by atoms with Gasteiger partial charge in [0.05, 0.1) is 6.04 Å². The molecule has 0 saturated carbocycles. The maximum absolute atomic E-state index is 13.2. The molecule has 1 nitrogen and oxygen atoms in total. The van der Waals surface area contributed by atoms with E-state index in [1.54, 1.807) is 6.07 Å². The Bertz CT molecular complexity index is 549. The number of hydrogen-bond acceptors (Lipinski definition) is 1. The molecule has 0 spiro atoms. The van der Waals surface area contributed by atoms with Crippen molar-refractivity contribution in [1.82, 2.24) is 5.32 Å². The Balaban J connectivity index is 2.50. The molecule has 2 aromatic carbocycles. The van der Waals surface area contributed by atoms with Crippen LogP contribution in [-0.4, -0.2) is 7.05 Å². The predicted molar refractivity (Wildman–Crippen MR) is 81.2 cm³/mol. The molecule has 0 aliphatic carbocycles. The predicted octanol–water partition coefficient (Wildman–Crippen LogP) is 4.86. The minimum atomic E-state index is -0.216. The lowest BCUT2D eigenvalue weighted by atomic mass is 9.95. The Kier molecular flexibility index (Phi) is 4.61. The topological polar surface area (TPSA) is 12.0 Å². The van der Waals surface area contributed by atoms with E-state index in [1.807, 2.05) is 38.2 Å². The van der Waals surface area contributed by atoms with E-state index in [0.717, 1.165) is 21.2 Å². The summed E-state index contributed by atoms with van der Waals surface area (Å²) < 4.78 is 14.1. The van der Waals surface area contributed by atoms with Crippen LogP contribution in [0.15, 0.2) is 40.9 Å². The van der Waals surface area contributed by atoms with Crippen molar-refractivity contribution in [2.75, 3.05) is 7.05 Å². The summed E-state index contributed by atoms with van der Waals surface area (Å²) in [6.45, 7) is 1.91. The van der Waals surface area contributed by atoms with E-state index in [2.05, 4.69) is 21.2 Å². The van der Waals surface area contributed by atoms with Crippen molar-refractivity contribution in [3.8, 4) is 0 Å². The van der Waals surface area contributed by atoms with Gasteiger partial charge in [0.1, 0.15) is 5.82 Å². The summed E-state index contributed by atoms with van der Waals surface area (Å²) in [5, 5.41) is 3.94. The standard InChI is InChI=1S/C15H14BrClFN/c1-9-7-11(18)4-6-12(9)15(19-2)13-5-3-10(17)8-14(13)16/h3-8,15,19H,1-2H3. The average Bonchev–Trinajstić information content (AvgIpc) is 2.34. The molecule has 0 bridgehead atoms. The fourth-order valence-electron chi connectivity index (χ4n) is 2.18. The molecule has 0 fully saturated rings. The van der Waals surface area contributed by atoms with E-state index in [9.17, 15) is 4.39 Å². The first-order chi connectivity index (χ1) is 9.02. The van der Waals surface area contributed by atoms with Crippen molar-refractivity contribution in [1.29, 1.82) is 0 Å². The minimum Gasteiger partial charge on any atom is -0.309 e. The Morgan fingerprint density at radius 1 is 1.16 bits per heavy atom. The van der Waals surface area contributed by atoms with Crippen LogP contribution in [0.1, 0.15) is 22.7 Å². The Morgan fingerprint density at radius 3 is 2.42 bits per heavy atom. The molecule has 0 aliphatic heterocycles. The molecule has 4 heteroatoms. The largest absolute Gasteiger partial charge is 0.309 e. The first kappa shape index (κ1) is 14.5. The van der Waals surface area contributed by atoms with Crippen molar-refractivity contribution in [2.24, 2.45) is 0 Å². The number of aryl methyl sites for hydroxylation is 1. The molecule has 1 unspecified atom stereocenters. The number of rotatable bonds is 3. The van der Waals surface area contributed by atoms with Crippen molar-refractivity contribution in [3.05, 3.63) is 68.4 Å². The highest BCUT2D eigenvalue weighted by Gasteiger charge is 2.17. The Labute approximate surface area is 125 Å². The van der Waals surface area contributed by atoms with Gasteiger partial charge in [-0.25, -0.2) is 4.39 Å². The third-order valence-corrected chi connectivity index (χ3v) is 4.03. The van der Waals surface area contributed by atoms with Crippen LogP contribution in [0.2, 0.25) is 5.02 Å². The maximum Gasteiger partial charge on any atom is 0.123 e. The number of halogens is 3. The highest BCUT2D eigenvalue weighted by molar-refractivity contribution is 9.10. The number of hydrogen-bond donors (Lipinski definition) is 1. The number of nitrogens with one attached hydrogen (secondary N) is 1. The fraction of sp³-hybridized carbons (Fsp3) is 0.200. The lowest BCUT2D eigenvalue weighted by Crippen LogP contribution is -2.19. The fourth-order valence-corrected chi connectivity index (χ4v) is 3.09. The molecule has 0 aromatic heterocycles. The number of benzene rings is 2. The molecule has 0 radical (unpaired) electrons. The normalized spacial score (nSPS) is 12.5. The van der Waals surface area contributed by atoms with Gasteiger partial charge in [-0.2, -0.15) is 0 Å². The van der Waals surface area contributed by atoms with Gasteiger partial charge in [-0.3, -0.25) is 0 Å². The zero-order chi connectivity index (χ0) is 14.0. The molecular formula is C15H14BrClFN. The second-order valence-electron chi connectivity index (χ2n) is 4.39. The summed E-state index contributed by atoms with van der Waals surface area (Å²) in [5.74, 6) is -0.216. The van der Waals surface area contributed by atoms with Crippen LogP contribution >= 0.6 is 27.5 Å². The van der Waals surface area contributed by atoms with Gasteiger partial charge in [0, 0.05) is 9.50 Å². The molecule has 0 amide bonds. The van der Waals surface area contributed by atoms with E-state index < -0.39 is 0 Å². The lowest BCUT2D eigenvalue weighted by Gasteiger charge is -2.21. The van der Waals surface area contributed by atoms with Crippen molar-refractivity contribution < 1.29 is 4.39 Å². The molecule has 1 atom stereocenters. The Morgan fingerprint density at radius 2 is 1.84 bits per heavy atom. The summed E-state index contributed by atoms with van der Waals surface area (Å²) in [4.78, 5) is 0. The zero-order valence-electron chi connectivity index (χ0n) is 10.7. The third kappa shape index (κ3) is 3.16. The van der Waals surface area contributed by atoms with Gasteiger partial charge < -0.3 is 5.32 Å². The molecule has 0 aliphatic rings. The second-order valence-corrected chi connectivity index (χ2v) is 5.68. The minimum absolute atomic E-state index is 0.00718. The van der Waals surface area contributed by atoms with E-state index in [4.69, 9.17) is 11.6 Å². The van der Waals surface area contributed by atoms with Gasteiger partial charge in [-0.15, -0.1) is 0 Å². The van der Waals surface area contributed by atoms with Crippen LogP contribution < -0.4 is 5.32 Å². The summed E-state index contributed by atoms with van der Waals surface area (Å²) in [7, 11) is 1.88. The smallest absolute Gasteiger partial charge is 0.123 e. The SMILES string of the molecule is CNC(c1ccc(F)cc1C)c1ccc(Cl)cc1Br. The summed E-state index contributed by atoms with van der Waals surface area (Å²) in [6, 6.07) is 10.5. The molecule has 2 aromatic rings. The summed E-state index contributed by atoms with van der Waals surface area (Å²) in [5.41, 5.74) is 3.04. The third-order valence-electron chi connectivity index (χ3n) is 3.11. The monoisotopic (exact) mass is 341 g/mol. The Hall–Kier alpha value is -0.900. The van der Waals surface area contributed by atoms with Gasteiger partial charge in [-0.1, -0.05) is 39.7 Å². The maximum atomic E-state index is 13.2. The van der Waals surface area contributed by atoms with E-state index in [0.29, 0.717) is 5.02 Å². The molecular weight excluding hydrogens is 329 g/mol. The summed E-state index contributed by atoms with van der Waals surface area (Å²) in [6.07, 6.45) is 0. The van der Waals surface area contributed by atoms with Crippen LogP contribution in [0.3, 0.4) is 0 Å². The van der Waals surface area contributed by atoms with Crippen LogP contribution in [0, 0.1) is 12.7 Å². The van der Waals surface area contributed by atoms with E-state index in [1.165, 1.54) is 6.07 Å². The van der Waals surface area contributed by atoms with Crippen molar-refractivity contribution >= 4 is 27.5 Å². The van der Waals surface area contributed by atoms with Crippen LogP contribution in [0.4, 0.5) is 4.39 Å².